The molecule has 0 aromatic heterocycles. The number of halogens is 4. The van der Waals surface area contributed by atoms with E-state index in [2.05, 4.69) is 16.0 Å². The third-order valence-electron chi connectivity index (χ3n) is 3.49. The zero-order valence-electron chi connectivity index (χ0n) is 14.9. The number of thiocarbonyl (C=S) groups is 1. The van der Waals surface area contributed by atoms with Crippen LogP contribution in [0.25, 0.3) is 0 Å². The van der Waals surface area contributed by atoms with Gasteiger partial charge in [0.05, 0.1) is 15.6 Å². The molecule has 160 valence electrons. The Morgan fingerprint density at radius 3 is 2.40 bits per heavy atom. The summed E-state index contributed by atoms with van der Waals surface area (Å²) in [5, 5.41) is 18.5. The second-order valence-corrected chi connectivity index (χ2v) is 8.88. The van der Waals surface area contributed by atoms with E-state index in [0.717, 1.165) is 11.6 Å². The van der Waals surface area contributed by atoms with Crippen LogP contribution >= 0.6 is 58.6 Å². The van der Waals surface area contributed by atoms with E-state index >= 15 is 0 Å². The molecule has 1 atom stereocenters. The minimum absolute atomic E-state index is 0.0142. The maximum atomic E-state index is 12.1. The Balaban J connectivity index is 1.97. The number of rotatable bonds is 6. The number of anilines is 1. The number of nitrogens with zero attached hydrogens (tertiary/aromatic N) is 1. The average Bonchev–Trinajstić information content (AvgIpc) is 2.67. The first-order chi connectivity index (χ1) is 14.1. The third kappa shape index (κ3) is 7.66. The standard InChI is InChI=1S/C17H14Cl4N4O4S/c18-12-8-11(25(27)28)6-7-13(12)22-15(30)23-14(17(19,20)21)24-16(26)29-9-10-4-2-1-3-5-10/h1-8,14H,9H2,(H,24,26)(H2,22,23,30)/t14-/m0/s1. The molecule has 13 heteroatoms. The van der Waals surface area contributed by atoms with Gasteiger partial charge in [-0.05, 0) is 23.8 Å². The van der Waals surface area contributed by atoms with Gasteiger partial charge < -0.3 is 15.4 Å². The minimum atomic E-state index is -1.99. The topological polar surface area (TPSA) is 106 Å². The molecular weight excluding hydrogens is 498 g/mol. The van der Waals surface area contributed by atoms with E-state index in [9.17, 15) is 14.9 Å². The molecule has 0 saturated carbocycles. The summed E-state index contributed by atoms with van der Waals surface area (Å²) in [5.74, 6) is 0. The molecular formula is C17H14Cl4N4O4S. The quantitative estimate of drug-likeness (QED) is 0.162. The number of benzene rings is 2. The van der Waals surface area contributed by atoms with Crippen molar-refractivity contribution >= 4 is 81.2 Å². The van der Waals surface area contributed by atoms with Crippen molar-refractivity contribution in [3.05, 3.63) is 69.2 Å². The van der Waals surface area contributed by atoms with Crippen molar-refractivity contribution in [3.8, 4) is 0 Å². The Labute approximate surface area is 196 Å². The molecule has 0 fully saturated rings. The van der Waals surface area contributed by atoms with Crippen LogP contribution in [0.1, 0.15) is 5.56 Å². The SMILES string of the molecule is O=C(N[C@H](NC(=S)Nc1ccc([N+](=O)[O-])cc1Cl)C(Cl)(Cl)Cl)OCc1ccccc1. The lowest BCUT2D eigenvalue weighted by Gasteiger charge is -2.27. The Morgan fingerprint density at radius 2 is 1.83 bits per heavy atom. The first-order valence-electron chi connectivity index (χ1n) is 8.11. The molecule has 0 aliphatic carbocycles. The fourth-order valence-corrected chi connectivity index (χ4v) is 2.87. The molecule has 0 radical (unpaired) electrons. The molecule has 8 nitrogen and oxygen atoms in total. The van der Waals surface area contributed by atoms with E-state index in [0.29, 0.717) is 0 Å². The third-order valence-corrected chi connectivity index (χ3v) is 4.68. The van der Waals surface area contributed by atoms with Gasteiger partial charge >= 0.3 is 6.09 Å². The second-order valence-electron chi connectivity index (χ2n) is 5.70. The number of nitro groups is 1. The Hall–Kier alpha value is -2.04. The second kappa shape index (κ2) is 10.8. The molecule has 0 saturated heterocycles. The molecule has 2 aromatic rings. The normalized spacial score (nSPS) is 11.9. The van der Waals surface area contributed by atoms with Crippen LogP contribution in [0.2, 0.25) is 5.02 Å². The highest BCUT2D eigenvalue weighted by Crippen LogP contribution is 2.30. The number of nitro benzene ring substituents is 1. The van der Waals surface area contributed by atoms with Gasteiger partial charge in [0.25, 0.3) is 5.69 Å². The lowest BCUT2D eigenvalue weighted by Crippen LogP contribution is -2.56. The molecule has 2 rings (SSSR count). The van der Waals surface area contributed by atoms with E-state index in [1.807, 2.05) is 6.07 Å². The van der Waals surface area contributed by atoms with Crippen LogP contribution in [0.4, 0.5) is 16.2 Å². The number of hydrogen-bond donors (Lipinski definition) is 3. The van der Waals surface area contributed by atoms with Crippen LogP contribution < -0.4 is 16.0 Å². The number of alkyl halides is 3. The number of amides is 1. The van der Waals surface area contributed by atoms with Gasteiger partial charge in [-0.3, -0.25) is 15.4 Å². The molecule has 0 spiro atoms. The van der Waals surface area contributed by atoms with E-state index < -0.39 is 21.0 Å². The molecule has 0 aliphatic heterocycles. The van der Waals surface area contributed by atoms with Crippen LogP contribution in [-0.4, -0.2) is 26.1 Å². The van der Waals surface area contributed by atoms with Crippen molar-refractivity contribution in [1.29, 1.82) is 0 Å². The monoisotopic (exact) mass is 510 g/mol. The number of hydrogen-bond acceptors (Lipinski definition) is 5. The van der Waals surface area contributed by atoms with E-state index in [4.69, 9.17) is 63.4 Å². The molecule has 0 aliphatic rings. The van der Waals surface area contributed by atoms with Crippen molar-refractivity contribution in [3.63, 3.8) is 0 Å². The number of carbonyl (C=O) groups is 1. The van der Waals surface area contributed by atoms with Gasteiger partial charge in [0.1, 0.15) is 6.61 Å². The smallest absolute Gasteiger partial charge is 0.409 e. The molecule has 1 amide bonds. The maximum Gasteiger partial charge on any atom is 0.409 e. The number of carbonyl (C=O) groups excluding carboxylic acids is 1. The van der Waals surface area contributed by atoms with E-state index in [1.54, 1.807) is 24.3 Å². The van der Waals surface area contributed by atoms with Crippen molar-refractivity contribution in [2.75, 3.05) is 5.32 Å². The Kier molecular flexibility index (Phi) is 8.75. The first kappa shape index (κ1) is 24.2. The van der Waals surface area contributed by atoms with Gasteiger partial charge in [-0.25, -0.2) is 4.79 Å². The van der Waals surface area contributed by atoms with Crippen molar-refractivity contribution < 1.29 is 14.5 Å². The fraction of sp³-hybridized carbons (Fsp3) is 0.176. The Morgan fingerprint density at radius 1 is 1.17 bits per heavy atom. The van der Waals surface area contributed by atoms with Crippen LogP contribution in [-0.2, 0) is 11.3 Å². The number of nitrogens with one attached hydrogen (secondary N) is 3. The van der Waals surface area contributed by atoms with Gasteiger partial charge in [-0.1, -0.05) is 76.7 Å². The summed E-state index contributed by atoms with van der Waals surface area (Å²) in [7, 11) is 0. The van der Waals surface area contributed by atoms with Crippen LogP contribution in [0.5, 0.6) is 0 Å². The highest BCUT2D eigenvalue weighted by Gasteiger charge is 2.35. The summed E-state index contributed by atoms with van der Waals surface area (Å²) >= 11 is 28.9. The van der Waals surface area contributed by atoms with Crippen molar-refractivity contribution in [1.82, 2.24) is 10.6 Å². The summed E-state index contributed by atoms with van der Waals surface area (Å²) < 4.78 is 3.10. The van der Waals surface area contributed by atoms with Crippen LogP contribution in [0, 0.1) is 10.1 Å². The van der Waals surface area contributed by atoms with Gasteiger partial charge in [0.2, 0.25) is 3.79 Å². The van der Waals surface area contributed by atoms with Gasteiger partial charge in [0, 0.05) is 12.1 Å². The zero-order valence-corrected chi connectivity index (χ0v) is 18.7. The minimum Gasteiger partial charge on any atom is -0.445 e. The van der Waals surface area contributed by atoms with Gasteiger partial charge in [-0.15, -0.1) is 0 Å². The summed E-state index contributed by atoms with van der Waals surface area (Å²) in [6, 6.07) is 12.7. The largest absolute Gasteiger partial charge is 0.445 e. The summed E-state index contributed by atoms with van der Waals surface area (Å²) in [6.45, 7) is 0.0142. The zero-order chi connectivity index (χ0) is 22.3. The summed E-state index contributed by atoms with van der Waals surface area (Å²) in [6.07, 6.45) is -2.11. The number of ether oxygens (including phenoxy) is 1. The first-order valence-corrected chi connectivity index (χ1v) is 10.0. The lowest BCUT2D eigenvalue weighted by atomic mass is 10.2. The lowest BCUT2D eigenvalue weighted by molar-refractivity contribution is -0.384. The van der Waals surface area contributed by atoms with Gasteiger partial charge in [0.15, 0.2) is 11.3 Å². The number of alkyl carbamates (subject to hydrolysis) is 1. The highest BCUT2D eigenvalue weighted by molar-refractivity contribution is 7.80. The molecule has 30 heavy (non-hydrogen) atoms. The summed E-state index contributed by atoms with van der Waals surface area (Å²) in [5.41, 5.74) is 0.858. The van der Waals surface area contributed by atoms with Crippen molar-refractivity contribution in [2.45, 2.75) is 16.6 Å². The highest BCUT2D eigenvalue weighted by atomic mass is 35.6. The predicted molar refractivity (Wildman–Crippen MR) is 121 cm³/mol. The van der Waals surface area contributed by atoms with Crippen molar-refractivity contribution in [2.24, 2.45) is 0 Å². The molecule has 0 bridgehead atoms. The number of non-ortho nitro benzene ring substituents is 1. The molecule has 0 heterocycles. The van der Waals surface area contributed by atoms with Crippen LogP contribution in [0.15, 0.2) is 48.5 Å². The summed E-state index contributed by atoms with van der Waals surface area (Å²) in [4.78, 5) is 22.3. The predicted octanol–water partition coefficient (Wildman–Crippen LogP) is 5.16. The van der Waals surface area contributed by atoms with Crippen LogP contribution in [0.3, 0.4) is 0 Å². The Bertz CT molecular complexity index is 928. The van der Waals surface area contributed by atoms with Gasteiger partial charge in [-0.2, -0.15) is 0 Å². The molecule has 2 aromatic carbocycles. The average molecular weight is 512 g/mol. The maximum absolute atomic E-state index is 12.1. The van der Waals surface area contributed by atoms with E-state index in [-0.39, 0.29) is 28.1 Å². The molecule has 0 unspecified atom stereocenters. The fourth-order valence-electron chi connectivity index (χ4n) is 2.09. The van der Waals surface area contributed by atoms with E-state index in [1.165, 1.54) is 12.1 Å². The molecule has 3 N–H and O–H groups in total.